The number of benzene rings is 2. The first-order valence-corrected chi connectivity index (χ1v) is 8.94. The Balaban J connectivity index is 1.86. The summed E-state index contributed by atoms with van der Waals surface area (Å²) < 4.78 is 0. The number of carbonyl (C=O) groups is 2. The van der Waals surface area contributed by atoms with E-state index in [0.717, 1.165) is 17.7 Å². The van der Waals surface area contributed by atoms with Gasteiger partial charge in [-0.2, -0.15) is 0 Å². The van der Waals surface area contributed by atoms with Crippen LogP contribution in [0.5, 0.6) is 0 Å². The highest BCUT2D eigenvalue weighted by Gasteiger charge is 2.17. The van der Waals surface area contributed by atoms with E-state index in [4.69, 9.17) is 0 Å². The van der Waals surface area contributed by atoms with Crippen LogP contribution in [0.4, 0.5) is 0 Å². The molecule has 0 unspecified atom stereocenters. The van der Waals surface area contributed by atoms with E-state index in [0.29, 0.717) is 12.1 Å². The number of quaternary nitrogens is 1. The molecule has 1 atom stereocenters. The summed E-state index contributed by atoms with van der Waals surface area (Å²) in [6.07, 6.45) is 0.254. The molecule has 138 valence electrons. The molecule has 0 aromatic heterocycles. The van der Waals surface area contributed by atoms with Gasteiger partial charge in [0.25, 0.3) is 5.91 Å². The summed E-state index contributed by atoms with van der Waals surface area (Å²) in [6, 6.07) is 17.3. The maximum atomic E-state index is 12.3. The Labute approximate surface area is 155 Å². The molecule has 0 saturated heterocycles. The normalized spacial score (nSPS) is 11.8. The van der Waals surface area contributed by atoms with Crippen LogP contribution in [0.3, 0.4) is 0 Å². The van der Waals surface area contributed by atoms with Crippen molar-refractivity contribution in [2.75, 3.05) is 27.2 Å². The van der Waals surface area contributed by atoms with Gasteiger partial charge in [0, 0.05) is 18.5 Å². The van der Waals surface area contributed by atoms with Crippen molar-refractivity contribution in [2.45, 2.75) is 19.4 Å². The highest BCUT2D eigenvalue weighted by atomic mass is 16.2. The number of carbonyl (C=O) groups excluding carboxylic acids is 2. The lowest BCUT2D eigenvalue weighted by Gasteiger charge is -2.21. The van der Waals surface area contributed by atoms with Crippen molar-refractivity contribution in [3.05, 3.63) is 71.3 Å². The smallest absolute Gasteiger partial charge is 0.251 e. The summed E-state index contributed by atoms with van der Waals surface area (Å²) in [5, 5.41) is 5.90. The third-order valence-electron chi connectivity index (χ3n) is 4.18. The fraction of sp³-hybridized carbons (Fsp3) is 0.333. The minimum atomic E-state index is -0.145. The zero-order valence-corrected chi connectivity index (χ0v) is 15.7. The molecular weight excluding hydrogens is 326 g/mol. The van der Waals surface area contributed by atoms with Crippen molar-refractivity contribution in [2.24, 2.45) is 0 Å². The Kier molecular flexibility index (Phi) is 7.36. The predicted molar refractivity (Wildman–Crippen MR) is 103 cm³/mol. The molecule has 2 aromatic rings. The fourth-order valence-electron chi connectivity index (χ4n) is 2.82. The number of amides is 2. The van der Waals surface area contributed by atoms with E-state index in [-0.39, 0.29) is 24.3 Å². The molecule has 2 amide bonds. The summed E-state index contributed by atoms with van der Waals surface area (Å²) in [5.41, 5.74) is 2.66. The second-order valence-corrected chi connectivity index (χ2v) is 6.76. The third kappa shape index (κ3) is 6.01. The Hall–Kier alpha value is -2.66. The van der Waals surface area contributed by atoms with E-state index in [1.807, 2.05) is 55.5 Å². The number of aryl methyl sites for hydroxylation is 1. The van der Waals surface area contributed by atoms with E-state index in [1.54, 1.807) is 6.07 Å². The third-order valence-corrected chi connectivity index (χ3v) is 4.18. The molecule has 2 rings (SSSR count). The van der Waals surface area contributed by atoms with Gasteiger partial charge >= 0.3 is 0 Å². The fourth-order valence-corrected chi connectivity index (χ4v) is 2.82. The summed E-state index contributed by atoms with van der Waals surface area (Å²) in [7, 11) is 4.12. The Bertz CT molecular complexity index is 729. The van der Waals surface area contributed by atoms with Crippen LogP contribution < -0.4 is 15.5 Å². The van der Waals surface area contributed by atoms with Gasteiger partial charge in [-0.05, 0) is 24.1 Å². The van der Waals surface area contributed by atoms with Crippen molar-refractivity contribution < 1.29 is 14.5 Å². The molecule has 26 heavy (non-hydrogen) atoms. The summed E-state index contributed by atoms with van der Waals surface area (Å²) in [5.74, 6) is -0.210. The molecule has 0 aliphatic heterocycles. The first kappa shape index (κ1) is 19.7. The quantitative estimate of drug-likeness (QED) is 0.665. The molecule has 5 nitrogen and oxygen atoms in total. The minimum absolute atomic E-state index is 0.0410. The molecule has 0 aliphatic carbocycles. The van der Waals surface area contributed by atoms with Gasteiger partial charge < -0.3 is 15.5 Å². The highest BCUT2D eigenvalue weighted by molar-refractivity contribution is 5.95. The van der Waals surface area contributed by atoms with Crippen LogP contribution in [0.1, 0.15) is 33.9 Å². The molecule has 0 heterocycles. The largest absolute Gasteiger partial charge is 0.352 e. The van der Waals surface area contributed by atoms with Crippen LogP contribution in [0, 0.1) is 6.92 Å². The van der Waals surface area contributed by atoms with Crippen LogP contribution in [0.2, 0.25) is 0 Å². The number of nitrogens with one attached hydrogen (secondary N) is 3. The molecule has 0 bridgehead atoms. The van der Waals surface area contributed by atoms with Gasteiger partial charge in [0.05, 0.1) is 14.1 Å². The van der Waals surface area contributed by atoms with Gasteiger partial charge in [-0.15, -0.1) is 0 Å². The van der Waals surface area contributed by atoms with E-state index < -0.39 is 0 Å². The maximum absolute atomic E-state index is 12.3. The zero-order valence-electron chi connectivity index (χ0n) is 15.7. The monoisotopic (exact) mass is 354 g/mol. The molecule has 0 spiro atoms. The lowest BCUT2D eigenvalue weighted by atomic mass is 10.1. The van der Waals surface area contributed by atoms with Gasteiger partial charge in [0.15, 0.2) is 0 Å². The lowest BCUT2D eigenvalue weighted by molar-refractivity contribution is -0.860. The topological polar surface area (TPSA) is 62.6 Å². The summed E-state index contributed by atoms with van der Waals surface area (Å²) in [6.45, 7) is 3.01. The van der Waals surface area contributed by atoms with Crippen molar-refractivity contribution in [1.82, 2.24) is 10.6 Å². The Morgan fingerprint density at radius 3 is 2.31 bits per heavy atom. The van der Waals surface area contributed by atoms with Gasteiger partial charge in [-0.25, -0.2) is 0 Å². The molecule has 3 N–H and O–H groups in total. The SMILES string of the molecule is Cc1ccccc1C(=O)NCCC(=O)N[C@H](C[NH+](C)C)c1ccccc1. The second kappa shape index (κ2) is 9.73. The van der Waals surface area contributed by atoms with Crippen LogP contribution in [0.15, 0.2) is 54.6 Å². The van der Waals surface area contributed by atoms with Crippen LogP contribution in [-0.4, -0.2) is 39.0 Å². The van der Waals surface area contributed by atoms with Crippen LogP contribution in [-0.2, 0) is 4.79 Å². The van der Waals surface area contributed by atoms with Crippen molar-refractivity contribution >= 4 is 11.8 Å². The van der Waals surface area contributed by atoms with Gasteiger partial charge in [0.2, 0.25) is 5.91 Å². The van der Waals surface area contributed by atoms with Crippen molar-refractivity contribution in [3.63, 3.8) is 0 Å². The Morgan fingerprint density at radius 2 is 1.65 bits per heavy atom. The van der Waals surface area contributed by atoms with Gasteiger partial charge in [-0.1, -0.05) is 48.5 Å². The average molecular weight is 354 g/mol. The van der Waals surface area contributed by atoms with E-state index in [9.17, 15) is 9.59 Å². The zero-order chi connectivity index (χ0) is 18.9. The Morgan fingerprint density at radius 1 is 1.00 bits per heavy atom. The second-order valence-electron chi connectivity index (χ2n) is 6.76. The highest BCUT2D eigenvalue weighted by Crippen LogP contribution is 2.11. The standard InChI is InChI=1S/C21H27N3O2/c1-16-9-7-8-12-18(16)21(26)22-14-13-20(25)23-19(15-24(2)3)17-10-5-4-6-11-17/h4-12,19H,13-15H2,1-3H3,(H,22,26)(H,23,25)/p+1/t19-/m1/s1. The minimum Gasteiger partial charge on any atom is -0.352 e. The average Bonchev–Trinajstić information content (AvgIpc) is 2.62. The predicted octanol–water partition coefficient (Wildman–Crippen LogP) is 1.12. The number of likely N-dealkylation sites (N-methyl/N-ethyl adjacent to an activating group) is 1. The maximum Gasteiger partial charge on any atom is 0.251 e. The summed E-state index contributed by atoms with van der Waals surface area (Å²) in [4.78, 5) is 25.8. The van der Waals surface area contributed by atoms with Crippen molar-refractivity contribution in [3.8, 4) is 0 Å². The molecule has 5 heteroatoms. The van der Waals surface area contributed by atoms with E-state index in [2.05, 4.69) is 24.7 Å². The lowest BCUT2D eigenvalue weighted by Crippen LogP contribution is -3.06. The van der Waals surface area contributed by atoms with Crippen LogP contribution >= 0.6 is 0 Å². The first-order valence-electron chi connectivity index (χ1n) is 8.94. The number of hydrogen-bond acceptors (Lipinski definition) is 2. The molecule has 0 radical (unpaired) electrons. The van der Waals surface area contributed by atoms with Gasteiger partial charge in [-0.3, -0.25) is 9.59 Å². The molecular formula is C21H28N3O2+. The number of hydrogen-bond donors (Lipinski definition) is 3. The molecule has 2 aromatic carbocycles. The molecule has 0 saturated carbocycles. The van der Waals surface area contributed by atoms with Crippen LogP contribution in [0.25, 0.3) is 0 Å². The van der Waals surface area contributed by atoms with E-state index in [1.165, 1.54) is 4.90 Å². The molecule has 0 fully saturated rings. The first-order chi connectivity index (χ1) is 12.5. The summed E-state index contributed by atoms with van der Waals surface area (Å²) >= 11 is 0. The van der Waals surface area contributed by atoms with E-state index >= 15 is 0 Å². The van der Waals surface area contributed by atoms with Crippen molar-refractivity contribution in [1.29, 1.82) is 0 Å². The number of rotatable bonds is 8. The van der Waals surface area contributed by atoms with Gasteiger partial charge in [0.1, 0.15) is 12.6 Å². The molecule has 0 aliphatic rings.